The second kappa shape index (κ2) is 19.0. The van der Waals surface area contributed by atoms with Crippen LogP contribution in [0.4, 0.5) is 0 Å². The quantitative estimate of drug-likeness (QED) is 0.0901. The minimum absolute atomic E-state index is 0.00462. The van der Waals surface area contributed by atoms with Gasteiger partial charge in [0, 0.05) is 31.8 Å². The Morgan fingerprint density at radius 2 is 1.54 bits per heavy atom. The van der Waals surface area contributed by atoms with Crippen LogP contribution < -0.4 is 37.6 Å². The van der Waals surface area contributed by atoms with Crippen molar-refractivity contribution in [3.05, 3.63) is 54.1 Å². The van der Waals surface area contributed by atoms with E-state index in [2.05, 4.69) is 41.9 Å². The van der Waals surface area contributed by atoms with Crippen LogP contribution in [0.3, 0.4) is 0 Å². The molecule has 0 bridgehead atoms. The van der Waals surface area contributed by atoms with Gasteiger partial charge in [-0.2, -0.15) is 0 Å². The summed E-state index contributed by atoms with van der Waals surface area (Å²) in [4.78, 5) is 111. The molecule has 1 fully saturated rings. The maximum Gasteiger partial charge on any atom is 0.247 e. The number of nitrogens with one attached hydrogen (secondary N) is 7. The summed E-state index contributed by atoms with van der Waals surface area (Å²) in [6.07, 6.45) is 3.70. The predicted octanol–water partition coefficient (Wildman–Crippen LogP) is -1.94. The number of benzene rings is 1. The molecule has 9 N–H and O–H groups in total. The van der Waals surface area contributed by atoms with E-state index < -0.39 is 90.1 Å². The van der Waals surface area contributed by atoms with Crippen LogP contribution in [0.5, 0.6) is 0 Å². The summed E-state index contributed by atoms with van der Waals surface area (Å²) in [6, 6.07) is 2.06. The largest absolute Gasteiger partial charge is 0.368 e. The average Bonchev–Trinajstić information content (AvgIpc) is 3.81. The molecule has 282 valence electrons. The molecule has 1 aliphatic rings. The molecule has 1 saturated heterocycles. The number of hydrogen-bond donors (Lipinski definition) is 8. The van der Waals surface area contributed by atoms with Crippen LogP contribution in [-0.4, -0.2) is 105 Å². The van der Waals surface area contributed by atoms with E-state index in [-0.39, 0.29) is 18.9 Å². The molecule has 3 rings (SSSR count). The molecule has 2 heterocycles. The first-order chi connectivity index (χ1) is 24.6. The van der Waals surface area contributed by atoms with Crippen LogP contribution in [-0.2, 0) is 44.8 Å². The van der Waals surface area contributed by atoms with Crippen LogP contribution in [0.1, 0.15) is 64.8 Å². The monoisotopic (exact) mass is 724 g/mol. The van der Waals surface area contributed by atoms with Gasteiger partial charge in [0.05, 0.1) is 12.9 Å². The fraction of sp³-hybridized carbons (Fsp3) is 0.500. The van der Waals surface area contributed by atoms with E-state index in [1.807, 2.05) is 0 Å². The molecule has 2 aromatic rings. The van der Waals surface area contributed by atoms with Crippen LogP contribution >= 0.6 is 0 Å². The molecular formula is C34H48N10O8. The summed E-state index contributed by atoms with van der Waals surface area (Å²) in [7, 11) is 0. The van der Waals surface area contributed by atoms with Gasteiger partial charge < -0.3 is 47.5 Å². The van der Waals surface area contributed by atoms with Gasteiger partial charge >= 0.3 is 0 Å². The third kappa shape index (κ3) is 11.6. The maximum absolute atomic E-state index is 13.5. The lowest BCUT2D eigenvalue weighted by Crippen LogP contribution is -2.58. The van der Waals surface area contributed by atoms with Gasteiger partial charge in [-0.1, -0.05) is 44.2 Å². The standard InChI is InChI=1S/C34H48N10O8/c1-18(2)27(41-21(5)45)33(51)42-24(14-23-15-36-17-38-23)31(49)40-20(4)30(48)37-16-26(46)44-13-9-12-25(44)32(50)43-28(22-10-7-6-8-11-22)34(52)39-19(3)29(35)47/h6-8,10-11,15,17-20,24-25,27-28H,9,12-14,16H2,1-5H3,(H2,35,47)(H,36,38)(H,37,48)(H,39,52)(H,40,49)(H,41,45)(H,42,51)(H,43,50)/t19-,20-,24-,25+,27-,28-/m0/s1. The lowest BCUT2D eigenvalue weighted by Gasteiger charge is -2.27. The number of imidazole rings is 1. The van der Waals surface area contributed by atoms with Crippen molar-refractivity contribution in [2.75, 3.05) is 13.1 Å². The number of nitrogens with two attached hydrogens (primary N) is 1. The SMILES string of the molecule is CC(=O)N[C@H](C(=O)N[C@@H](Cc1cnc[nH]1)C(=O)N[C@@H](C)C(=O)NCC(=O)N1CCC[C@@H]1C(=O)N[C@H](C(=O)N[C@@H](C)C(N)=O)c1ccccc1)C(C)C. The molecule has 0 aliphatic carbocycles. The zero-order chi connectivity index (χ0) is 38.5. The zero-order valence-corrected chi connectivity index (χ0v) is 29.9. The number of hydrogen-bond acceptors (Lipinski definition) is 9. The second-order valence-electron chi connectivity index (χ2n) is 12.9. The summed E-state index contributed by atoms with van der Waals surface area (Å²) in [5.41, 5.74) is 6.27. The van der Waals surface area contributed by atoms with E-state index in [0.717, 1.165) is 0 Å². The number of nitrogens with zero attached hydrogens (tertiary/aromatic N) is 2. The van der Waals surface area contributed by atoms with Crippen LogP contribution in [0.25, 0.3) is 0 Å². The molecule has 1 aliphatic heterocycles. The first-order valence-corrected chi connectivity index (χ1v) is 17.0. The molecule has 52 heavy (non-hydrogen) atoms. The number of carbonyl (C=O) groups excluding carboxylic acids is 8. The molecule has 1 aromatic carbocycles. The lowest BCUT2D eigenvalue weighted by atomic mass is 10.0. The Morgan fingerprint density at radius 1 is 0.865 bits per heavy atom. The Hall–Kier alpha value is -5.81. The highest BCUT2D eigenvalue weighted by Gasteiger charge is 2.37. The zero-order valence-electron chi connectivity index (χ0n) is 29.9. The summed E-state index contributed by atoms with van der Waals surface area (Å²) >= 11 is 0. The summed E-state index contributed by atoms with van der Waals surface area (Å²) in [6.45, 7) is 7.32. The van der Waals surface area contributed by atoms with E-state index >= 15 is 0 Å². The first kappa shape index (κ1) is 40.6. The molecule has 0 saturated carbocycles. The van der Waals surface area contributed by atoms with Gasteiger partial charge in [0.1, 0.15) is 36.3 Å². The van der Waals surface area contributed by atoms with E-state index in [0.29, 0.717) is 24.1 Å². The minimum atomic E-state index is -1.18. The normalized spacial score (nSPS) is 16.7. The minimum Gasteiger partial charge on any atom is -0.368 e. The highest BCUT2D eigenvalue weighted by Crippen LogP contribution is 2.20. The van der Waals surface area contributed by atoms with Crippen molar-refractivity contribution in [3.8, 4) is 0 Å². The number of rotatable bonds is 17. The molecule has 0 spiro atoms. The summed E-state index contributed by atoms with van der Waals surface area (Å²) < 4.78 is 0. The number of aromatic nitrogens is 2. The molecule has 6 atom stereocenters. The molecule has 18 heteroatoms. The predicted molar refractivity (Wildman–Crippen MR) is 186 cm³/mol. The van der Waals surface area contributed by atoms with Crippen molar-refractivity contribution in [1.29, 1.82) is 0 Å². The molecule has 0 radical (unpaired) electrons. The van der Waals surface area contributed by atoms with E-state index in [4.69, 9.17) is 5.73 Å². The highest BCUT2D eigenvalue weighted by molar-refractivity contribution is 5.97. The van der Waals surface area contributed by atoms with Crippen LogP contribution in [0, 0.1) is 5.92 Å². The maximum atomic E-state index is 13.5. The Morgan fingerprint density at radius 3 is 2.13 bits per heavy atom. The van der Waals surface area contributed by atoms with Gasteiger partial charge in [-0.15, -0.1) is 0 Å². The van der Waals surface area contributed by atoms with Gasteiger partial charge in [0.2, 0.25) is 47.3 Å². The Kier molecular flexibility index (Phi) is 14.8. The fourth-order valence-corrected chi connectivity index (χ4v) is 5.53. The molecule has 18 nitrogen and oxygen atoms in total. The third-order valence-electron chi connectivity index (χ3n) is 8.43. The van der Waals surface area contributed by atoms with E-state index in [1.165, 1.54) is 38.2 Å². The van der Waals surface area contributed by atoms with Gasteiger partial charge in [-0.05, 0) is 38.2 Å². The highest BCUT2D eigenvalue weighted by atomic mass is 16.2. The lowest BCUT2D eigenvalue weighted by molar-refractivity contribution is -0.140. The van der Waals surface area contributed by atoms with Crippen molar-refractivity contribution in [2.45, 2.75) is 90.1 Å². The van der Waals surface area contributed by atoms with Crippen molar-refractivity contribution >= 4 is 47.3 Å². The topological polar surface area (TPSA) is 267 Å². The number of aromatic amines is 1. The van der Waals surface area contributed by atoms with Crippen molar-refractivity contribution in [3.63, 3.8) is 0 Å². The number of H-pyrrole nitrogens is 1. The Balaban J connectivity index is 1.62. The van der Waals surface area contributed by atoms with Crippen molar-refractivity contribution < 1.29 is 38.4 Å². The molecule has 1 aromatic heterocycles. The molecular weight excluding hydrogens is 676 g/mol. The van der Waals surface area contributed by atoms with Gasteiger partial charge in [-0.3, -0.25) is 38.4 Å². The molecule has 8 amide bonds. The number of carbonyl (C=O) groups is 8. The van der Waals surface area contributed by atoms with Gasteiger partial charge in [0.25, 0.3) is 0 Å². The summed E-state index contributed by atoms with van der Waals surface area (Å²) in [5, 5.41) is 15.4. The Labute approximate surface area is 301 Å². The van der Waals surface area contributed by atoms with Crippen molar-refractivity contribution in [2.24, 2.45) is 11.7 Å². The smallest absolute Gasteiger partial charge is 0.247 e. The third-order valence-corrected chi connectivity index (χ3v) is 8.43. The summed E-state index contributed by atoms with van der Waals surface area (Å²) in [5.74, 6) is -5.26. The second-order valence-corrected chi connectivity index (χ2v) is 12.9. The average molecular weight is 725 g/mol. The van der Waals surface area contributed by atoms with Gasteiger partial charge in [-0.25, -0.2) is 4.98 Å². The van der Waals surface area contributed by atoms with Crippen molar-refractivity contribution in [1.82, 2.24) is 46.8 Å². The number of amides is 8. The van der Waals surface area contributed by atoms with Crippen LogP contribution in [0.15, 0.2) is 42.9 Å². The van der Waals surface area contributed by atoms with E-state index in [1.54, 1.807) is 44.2 Å². The molecule has 0 unspecified atom stereocenters. The Bertz CT molecular complexity index is 1600. The first-order valence-electron chi connectivity index (χ1n) is 17.0. The van der Waals surface area contributed by atoms with E-state index in [9.17, 15) is 38.4 Å². The fourth-order valence-electron chi connectivity index (χ4n) is 5.53. The number of primary amides is 1. The number of likely N-dealkylation sites (tertiary alicyclic amines) is 1. The van der Waals surface area contributed by atoms with Gasteiger partial charge in [0.15, 0.2) is 0 Å². The van der Waals surface area contributed by atoms with Crippen LogP contribution in [0.2, 0.25) is 0 Å².